The largest absolute Gasteiger partial charge is 0.457 e. The first kappa shape index (κ1) is 21.4. The van der Waals surface area contributed by atoms with Gasteiger partial charge in [0.15, 0.2) is 5.82 Å². The Hall–Kier alpha value is -3.30. The molecule has 0 spiro atoms. The molecule has 0 fully saturated rings. The Morgan fingerprint density at radius 3 is 2.43 bits per heavy atom. The van der Waals surface area contributed by atoms with Gasteiger partial charge in [-0.15, -0.1) is 11.3 Å². The van der Waals surface area contributed by atoms with Crippen molar-refractivity contribution in [3.05, 3.63) is 70.7 Å². The third-order valence-corrected chi connectivity index (χ3v) is 5.19. The summed E-state index contributed by atoms with van der Waals surface area (Å²) in [6.07, 6.45) is 1.79. The molecule has 2 aromatic carbocycles. The number of aromatic nitrogens is 2. The van der Waals surface area contributed by atoms with Gasteiger partial charge < -0.3 is 10.1 Å². The number of rotatable bonds is 4. The molecule has 2 heterocycles. The standard InChI is InChI=1S/C21H19N3O2S.O2S/c1-13-4-6-16(7-5-13)26-18-11-15(12-19-17(18)10-14(2)27-19)21(25)22-20-8-9-24(3)23-20;1-3-2/h4-12H,1-3H3,(H,22,23,25);. The molecule has 9 heteroatoms. The summed E-state index contributed by atoms with van der Waals surface area (Å²) in [6, 6.07) is 15.4. The van der Waals surface area contributed by atoms with Crippen molar-refractivity contribution in [2.75, 3.05) is 5.32 Å². The molecular weight excluding hydrogens is 422 g/mol. The van der Waals surface area contributed by atoms with E-state index in [0.29, 0.717) is 17.1 Å². The molecule has 4 rings (SSSR count). The third-order valence-electron chi connectivity index (χ3n) is 4.19. The summed E-state index contributed by atoms with van der Waals surface area (Å²) >= 11 is 0.892. The van der Waals surface area contributed by atoms with Gasteiger partial charge in [0.25, 0.3) is 5.91 Å². The smallest absolute Gasteiger partial charge is 0.335 e. The lowest BCUT2D eigenvalue weighted by atomic mass is 10.1. The van der Waals surface area contributed by atoms with Crippen LogP contribution < -0.4 is 10.1 Å². The molecule has 0 saturated heterocycles. The fraction of sp³-hybridized carbons (Fsp3) is 0.143. The van der Waals surface area contributed by atoms with Crippen LogP contribution in [0.25, 0.3) is 10.1 Å². The second-order valence-corrected chi connectivity index (χ2v) is 7.98. The number of thiophene rings is 1. The highest BCUT2D eigenvalue weighted by molar-refractivity contribution is 7.51. The van der Waals surface area contributed by atoms with Gasteiger partial charge in [-0.05, 0) is 44.2 Å². The Morgan fingerprint density at radius 2 is 1.80 bits per heavy atom. The molecule has 1 N–H and O–H groups in total. The summed E-state index contributed by atoms with van der Waals surface area (Å²) in [7, 11) is 1.81. The zero-order chi connectivity index (χ0) is 21.7. The fourth-order valence-corrected chi connectivity index (χ4v) is 3.83. The number of nitrogens with zero attached hydrogens (tertiary/aromatic N) is 2. The highest BCUT2D eigenvalue weighted by Crippen LogP contribution is 2.36. The van der Waals surface area contributed by atoms with E-state index in [1.807, 2.05) is 51.2 Å². The van der Waals surface area contributed by atoms with Crippen LogP contribution in [0.2, 0.25) is 0 Å². The molecule has 154 valence electrons. The third kappa shape index (κ3) is 5.19. The maximum absolute atomic E-state index is 12.7. The summed E-state index contributed by atoms with van der Waals surface area (Å²) in [5.74, 6) is 1.72. The highest BCUT2D eigenvalue weighted by atomic mass is 32.1. The monoisotopic (exact) mass is 441 g/mol. The van der Waals surface area contributed by atoms with Gasteiger partial charge in [-0.2, -0.15) is 13.5 Å². The quantitative estimate of drug-likeness (QED) is 0.499. The van der Waals surface area contributed by atoms with Crippen LogP contribution >= 0.6 is 11.3 Å². The van der Waals surface area contributed by atoms with Crippen LogP contribution in [0.5, 0.6) is 11.5 Å². The van der Waals surface area contributed by atoms with Gasteiger partial charge in [0.05, 0.1) is 0 Å². The summed E-state index contributed by atoms with van der Waals surface area (Å²) in [6.45, 7) is 4.08. The van der Waals surface area contributed by atoms with Crippen LogP contribution in [0, 0.1) is 13.8 Å². The summed E-state index contributed by atoms with van der Waals surface area (Å²) < 4.78 is 25.4. The molecular formula is C21H19N3O4S2. The predicted molar refractivity (Wildman–Crippen MR) is 118 cm³/mol. The Labute approximate surface area is 180 Å². The molecule has 0 unspecified atom stereocenters. The van der Waals surface area contributed by atoms with Gasteiger partial charge in [0.1, 0.15) is 11.5 Å². The maximum atomic E-state index is 12.7. The van der Waals surface area contributed by atoms with Crippen molar-refractivity contribution in [2.45, 2.75) is 13.8 Å². The number of aryl methyl sites for hydroxylation is 3. The Balaban J connectivity index is 0.000000806. The molecule has 7 nitrogen and oxygen atoms in total. The van der Waals surface area contributed by atoms with Crippen LogP contribution in [-0.2, 0) is 18.6 Å². The number of benzene rings is 2. The van der Waals surface area contributed by atoms with E-state index in [0.717, 1.165) is 15.8 Å². The molecule has 2 aromatic heterocycles. The predicted octanol–water partition coefficient (Wildman–Crippen LogP) is 4.63. The van der Waals surface area contributed by atoms with Gasteiger partial charge in [-0.3, -0.25) is 9.48 Å². The van der Waals surface area contributed by atoms with E-state index in [1.165, 1.54) is 10.4 Å². The van der Waals surface area contributed by atoms with Gasteiger partial charge in [0.2, 0.25) is 0 Å². The number of carbonyl (C=O) groups excluding carboxylic acids is 1. The molecule has 0 aliphatic heterocycles. The molecule has 0 aliphatic rings. The van der Waals surface area contributed by atoms with E-state index in [9.17, 15) is 4.79 Å². The van der Waals surface area contributed by atoms with Crippen molar-refractivity contribution >= 4 is 44.7 Å². The van der Waals surface area contributed by atoms with Crippen molar-refractivity contribution in [3.63, 3.8) is 0 Å². The number of ether oxygens (including phenoxy) is 1. The second kappa shape index (κ2) is 9.47. The number of amides is 1. The topological polar surface area (TPSA) is 90.3 Å². The highest BCUT2D eigenvalue weighted by Gasteiger charge is 2.15. The first-order valence-electron chi connectivity index (χ1n) is 8.91. The lowest BCUT2D eigenvalue weighted by molar-refractivity contribution is 0.102. The van der Waals surface area contributed by atoms with Crippen LogP contribution in [0.3, 0.4) is 0 Å². The molecule has 0 atom stereocenters. The minimum absolute atomic E-state index is 0.213. The fourth-order valence-electron chi connectivity index (χ4n) is 2.85. The molecule has 0 saturated carbocycles. The maximum Gasteiger partial charge on any atom is 0.335 e. The van der Waals surface area contributed by atoms with Gasteiger partial charge in [-0.1, -0.05) is 17.7 Å². The number of hydrogen-bond donors (Lipinski definition) is 1. The number of fused-ring (bicyclic) bond motifs is 1. The van der Waals surface area contributed by atoms with E-state index < -0.39 is 11.6 Å². The van der Waals surface area contributed by atoms with Crippen molar-refractivity contribution in [3.8, 4) is 11.5 Å². The zero-order valence-electron chi connectivity index (χ0n) is 16.5. The van der Waals surface area contributed by atoms with Crippen molar-refractivity contribution in [1.82, 2.24) is 9.78 Å². The first-order chi connectivity index (χ1) is 14.4. The second-order valence-electron chi connectivity index (χ2n) is 6.56. The summed E-state index contributed by atoms with van der Waals surface area (Å²) in [4.78, 5) is 13.9. The normalized spacial score (nSPS) is 10.2. The SMILES string of the molecule is Cc1ccc(Oc2cc(C(=O)Nc3ccn(C)n3)cc3sc(C)cc23)cc1.O=S=O. The van der Waals surface area contributed by atoms with E-state index in [-0.39, 0.29) is 5.91 Å². The van der Waals surface area contributed by atoms with Gasteiger partial charge in [0, 0.05) is 39.8 Å². The van der Waals surface area contributed by atoms with Crippen LogP contribution in [0.4, 0.5) is 5.82 Å². The average molecular weight is 442 g/mol. The molecule has 0 aliphatic carbocycles. The lowest BCUT2D eigenvalue weighted by Gasteiger charge is -2.10. The molecule has 0 bridgehead atoms. The Kier molecular flexibility index (Phi) is 6.76. The Morgan fingerprint density at radius 1 is 1.10 bits per heavy atom. The van der Waals surface area contributed by atoms with E-state index in [1.54, 1.807) is 34.3 Å². The Bertz CT molecular complexity index is 1220. The number of anilines is 1. The lowest BCUT2D eigenvalue weighted by Crippen LogP contribution is -2.12. The summed E-state index contributed by atoms with van der Waals surface area (Å²) in [5, 5.41) is 8.03. The molecule has 30 heavy (non-hydrogen) atoms. The van der Waals surface area contributed by atoms with Crippen molar-refractivity contribution in [2.24, 2.45) is 7.05 Å². The molecule has 0 radical (unpaired) electrons. The molecule has 4 aromatic rings. The first-order valence-corrected chi connectivity index (χ1v) is 10.4. The van der Waals surface area contributed by atoms with Crippen LogP contribution in [0.1, 0.15) is 20.8 Å². The van der Waals surface area contributed by atoms with E-state index in [2.05, 4.69) is 16.5 Å². The zero-order valence-corrected chi connectivity index (χ0v) is 18.2. The van der Waals surface area contributed by atoms with Crippen molar-refractivity contribution < 1.29 is 17.9 Å². The molecule has 1 amide bonds. The minimum atomic E-state index is -0.750. The average Bonchev–Trinajstić information content (AvgIpc) is 3.28. The summed E-state index contributed by atoms with van der Waals surface area (Å²) in [5.41, 5.74) is 1.71. The number of nitrogens with one attached hydrogen (secondary N) is 1. The van der Waals surface area contributed by atoms with Gasteiger partial charge >= 0.3 is 11.6 Å². The van der Waals surface area contributed by atoms with Crippen LogP contribution in [0.15, 0.2) is 54.7 Å². The number of carbonyl (C=O) groups is 1. The van der Waals surface area contributed by atoms with Crippen LogP contribution in [-0.4, -0.2) is 24.1 Å². The van der Waals surface area contributed by atoms with E-state index >= 15 is 0 Å². The minimum Gasteiger partial charge on any atom is -0.457 e. The van der Waals surface area contributed by atoms with E-state index in [4.69, 9.17) is 13.2 Å². The number of hydrogen-bond acceptors (Lipinski definition) is 6. The van der Waals surface area contributed by atoms with Crippen molar-refractivity contribution in [1.29, 1.82) is 0 Å². The van der Waals surface area contributed by atoms with Gasteiger partial charge in [-0.25, -0.2) is 0 Å².